The molecule has 0 saturated carbocycles. The Balaban J connectivity index is 3.68. The summed E-state index contributed by atoms with van der Waals surface area (Å²) < 4.78 is 26.8. The highest BCUT2D eigenvalue weighted by Crippen LogP contribution is 2.26. The van der Waals surface area contributed by atoms with Gasteiger partial charge in [0.25, 0.3) is 0 Å². The van der Waals surface area contributed by atoms with Gasteiger partial charge in [-0.1, -0.05) is 13.8 Å². The van der Waals surface area contributed by atoms with Gasteiger partial charge >= 0.3 is 0 Å². The summed E-state index contributed by atoms with van der Waals surface area (Å²) in [6.07, 6.45) is 1.16. The third-order valence-corrected chi connectivity index (χ3v) is 2.68. The lowest BCUT2D eigenvalue weighted by molar-refractivity contribution is 0.497. The topological polar surface area (TPSA) is 23.8 Å². The molecule has 0 fully saturated rings. The van der Waals surface area contributed by atoms with Crippen molar-refractivity contribution in [1.82, 2.24) is 0 Å². The highest BCUT2D eigenvalue weighted by atomic mass is 19.2. The molecule has 0 heterocycles. The molecule has 80 valence electrons. The third kappa shape index (κ3) is 1.72. The van der Waals surface area contributed by atoms with Gasteiger partial charge in [0.1, 0.15) is 6.07 Å². The predicted molar refractivity (Wildman–Crippen MR) is 54.6 cm³/mol. The van der Waals surface area contributed by atoms with Crippen LogP contribution in [0.15, 0.2) is 0 Å². The Morgan fingerprint density at radius 1 is 1.07 bits per heavy atom. The van der Waals surface area contributed by atoms with Crippen LogP contribution in [0.2, 0.25) is 0 Å². The zero-order valence-corrected chi connectivity index (χ0v) is 9.12. The normalized spacial score (nSPS) is 10.1. The van der Waals surface area contributed by atoms with E-state index in [-0.39, 0.29) is 5.56 Å². The molecule has 0 amide bonds. The van der Waals surface area contributed by atoms with Crippen LogP contribution in [-0.2, 0) is 12.8 Å². The van der Waals surface area contributed by atoms with Crippen molar-refractivity contribution in [2.75, 3.05) is 0 Å². The summed E-state index contributed by atoms with van der Waals surface area (Å²) in [5.41, 5.74) is 1.58. The van der Waals surface area contributed by atoms with Gasteiger partial charge in [-0.15, -0.1) is 0 Å². The molecule has 1 aromatic rings. The van der Waals surface area contributed by atoms with E-state index < -0.39 is 11.6 Å². The number of rotatable bonds is 2. The quantitative estimate of drug-likeness (QED) is 0.733. The molecule has 0 saturated heterocycles. The molecule has 0 aliphatic heterocycles. The van der Waals surface area contributed by atoms with Gasteiger partial charge in [-0.25, -0.2) is 8.78 Å². The van der Waals surface area contributed by atoms with Crippen molar-refractivity contribution in [3.63, 3.8) is 0 Å². The largest absolute Gasteiger partial charge is 0.203 e. The number of nitrogens with zero attached hydrogens (tertiary/aromatic N) is 1. The lowest BCUT2D eigenvalue weighted by Gasteiger charge is -2.13. The van der Waals surface area contributed by atoms with Crippen LogP contribution in [0.1, 0.15) is 36.1 Å². The van der Waals surface area contributed by atoms with Crippen LogP contribution in [0.3, 0.4) is 0 Å². The second-order valence-corrected chi connectivity index (χ2v) is 3.40. The summed E-state index contributed by atoms with van der Waals surface area (Å²) in [6.45, 7) is 5.27. The molecule has 0 atom stereocenters. The van der Waals surface area contributed by atoms with Crippen LogP contribution in [-0.4, -0.2) is 0 Å². The molecule has 1 nitrogen and oxygen atoms in total. The summed E-state index contributed by atoms with van der Waals surface area (Å²) in [4.78, 5) is 0. The van der Waals surface area contributed by atoms with Crippen molar-refractivity contribution in [3.8, 4) is 6.07 Å². The van der Waals surface area contributed by atoms with Crippen molar-refractivity contribution in [3.05, 3.63) is 33.9 Å². The first kappa shape index (κ1) is 11.6. The smallest absolute Gasteiger partial charge is 0.177 e. The van der Waals surface area contributed by atoms with Gasteiger partial charge in [0.05, 0.1) is 5.56 Å². The van der Waals surface area contributed by atoms with E-state index in [1.165, 1.54) is 0 Å². The minimum atomic E-state index is -1.01. The fourth-order valence-electron chi connectivity index (χ4n) is 1.90. The molecule has 0 N–H and O–H groups in total. The maximum Gasteiger partial charge on any atom is 0.177 e. The Labute approximate surface area is 88.3 Å². The first-order chi connectivity index (χ1) is 7.08. The van der Waals surface area contributed by atoms with Crippen molar-refractivity contribution in [2.24, 2.45) is 0 Å². The Morgan fingerprint density at radius 2 is 1.60 bits per heavy atom. The summed E-state index contributed by atoms with van der Waals surface area (Å²) in [5, 5.41) is 8.81. The number of nitriles is 1. The number of hydrogen-bond donors (Lipinski definition) is 0. The molecule has 0 bridgehead atoms. The average Bonchev–Trinajstić information content (AvgIpc) is 2.25. The predicted octanol–water partition coefficient (Wildman–Crippen LogP) is 3.27. The van der Waals surface area contributed by atoms with Crippen molar-refractivity contribution in [1.29, 1.82) is 5.26 Å². The molecule has 0 unspecified atom stereocenters. The lowest BCUT2D eigenvalue weighted by Crippen LogP contribution is -2.06. The highest BCUT2D eigenvalue weighted by Gasteiger charge is 2.19. The molecular formula is C12H13F2N. The van der Waals surface area contributed by atoms with Gasteiger partial charge in [0.15, 0.2) is 11.6 Å². The first-order valence-corrected chi connectivity index (χ1v) is 4.97. The van der Waals surface area contributed by atoms with Crippen LogP contribution >= 0.6 is 0 Å². The van der Waals surface area contributed by atoms with Crippen LogP contribution < -0.4 is 0 Å². The van der Waals surface area contributed by atoms with Crippen molar-refractivity contribution < 1.29 is 8.78 Å². The maximum atomic E-state index is 13.4. The molecule has 0 aliphatic rings. The fraction of sp³-hybridized carbons (Fsp3) is 0.417. The minimum absolute atomic E-state index is 0.141. The Kier molecular flexibility index (Phi) is 3.41. The number of benzene rings is 1. The molecule has 1 rings (SSSR count). The molecule has 0 aromatic heterocycles. The fourth-order valence-corrected chi connectivity index (χ4v) is 1.90. The second-order valence-electron chi connectivity index (χ2n) is 3.40. The molecular weight excluding hydrogens is 196 g/mol. The van der Waals surface area contributed by atoms with E-state index >= 15 is 0 Å². The van der Waals surface area contributed by atoms with Gasteiger partial charge in [0.2, 0.25) is 0 Å². The van der Waals surface area contributed by atoms with E-state index in [2.05, 4.69) is 0 Å². The molecule has 0 aliphatic carbocycles. The summed E-state index contributed by atoms with van der Waals surface area (Å²) in [6, 6.07) is 1.74. The highest BCUT2D eigenvalue weighted by molar-refractivity contribution is 5.48. The van der Waals surface area contributed by atoms with Gasteiger partial charge in [-0.05, 0) is 36.5 Å². The van der Waals surface area contributed by atoms with Crippen molar-refractivity contribution >= 4 is 0 Å². The Hall–Kier alpha value is -1.43. The first-order valence-electron chi connectivity index (χ1n) is 4.97. The average molecular weight is 209 g/mol. The summed E-state index contributed by atoms with van der Waals surface area (Å²) in [7, 11) is 0. The molecule has 15 heavy (non-hydrogen) atoms. The molecule has 1 aromatic carbocycles. The zero-order chi connectivity index (χ0) is 11.6. The van der Waals surface area contributed by atoms with Crippen molar-refractivity contribution in [2.45, 2.75) is 33.6 Å². The monoisotopic (exact) mass is 209 g/mol. The second kappa shape index (κ2) is 4.39. The number of halogens is 2. The lowest BCUT2D eigenvalue weighted by atomic mass is 9.92. The molecule has 3 heteroatoms. The SMILES string of the molecule is CCc1c(C)c(F)c(F)c(C#N)c1CC. The Morgan fingerprint density at radius 3 is 2.00 bits per heavy atom. The van der Waals surface area contributed by atoms with E-state index in [4.69, 9.17) is 5.26 Å². The van der Waals surface area contributed by atoms with Crippen LogP contribution in [0, 0.1) is 29.9 Å². The molecule has 0 spiro atoms. The zero-order valence-electron chi connectivity index (χ0n) is 9.12. The number of hydrogen-bond acceptors (Lipinski definition) is 1. The third-order valence-electron chi connectivity index (χ3n) is 2.68. The van der Waals surface area contributed by atoms with Crippen LogP contribution in [0.4, 0.5) is 8.78 Å². The van der Waals surface area contributed by atoms with Gasteiger partial charge in [-0.2, -0.15) is 5.26 Å². The van der Waals surface area contributed by atoms with Crippen LogP contribution in [0.25, 0.3) is 0 Å². The maximum absolute atomic E-state index is 13.4. The van der Waals surface area contributed by atoms with Gasteiger partial charge < -0.3 is 0 Å². The van der Waals surface area contributed by atoms with Gasteiger partial charge in [0, 0.05) is 0 Å². The summed E-state index contributed by atoms with van der Waals surface area (Å²) in [5.74, 6) is -1.90. The standard InChI is InChI=1S/C12H13F2N/c1-4-8-7(3)11(13)12(14)10(6-15)9(8)5-2/h4-5H2,1-3H3. The van der Waals surface area contributed by atoms with E-state index in [1.807, 2.05) is 13.8 Å². The minimum Gasteiger partial charge on any atom is -0.203 e. The van der Waals surface area contributed by atoms with E-state index in [0.29, 0.717) is 24.0 Å². The van der Waals surface area contributed by atoms with Gasteiger partial charge in [-0.3, -0.25) is 0 Å². The van der Waals surface area contributed by atoms with Crippen LogP contribution in [0.5, 0.6) is 0 Å². The Bertz CT molecular complexity index is 430. The summed E-state index contributed by atoms with van der Waals surface area (Å²) >= 11 is 0. The van der Waals surface area contributed by atoms with E-state index in [9.17, 15) is 8.78 Å². The molecule has 0 radical (unpaired) electrons. The van der Waals surface area contributed by atoms with E-state index in [1.54, 1.807) is 13.0 Å². The van der Waals surface area contributed by atoms with E-state index in [0.717, 1.165) is 5.56 Å².